The molecule has 34 heavy (non-hydrogen) atoms. The van der Waals surface area contributed by atoms with Crippen LogP contribution in [0, 0.1) is 0 Å². The third kappa shape index (κ3) is 5.26. The summed E-state index contributed by atoms with van der Waals surface area (Å²) in [6, 6.07) is 13.6. The van der Waals surface area contributed by atoms with Gasteiger partial charge in [-0.05, 0) is 56.3 Å². The monoisotopic (exact) mass is 503 g/mol. The van der Waals surface area contributed by atoms with Gasteiger partial charge in [0.15, 0.2) is 0 Å². The summed E-state index contributed by atoms with van der Waals surface area (Å²) in [5.41, 5.74) is 1.90. The van der Waals surface area contributed by atoms with Gasteiger partial charge in [-0.3, -0.25) is 14.0 Å². The summed E-state index contributed by atoms with van der Waals surface area (Å²) in [7, 11) is -7.63. The van der Waals surface area contributed by atoms with Crippen molar-refractivity contribution in [2.24, 2.45) is 0 Å². The van der Waals surface area contributed by atoms with Crippen molar-refractivity contribution in [3.63, 3.8) is 0 Å². The zero-order chi connectivity index (χ0) is 24.3. The summed E-state index contributed by atoms with van der Waals surface area (Å²) < 4.78 is 55.5. The van der Waals surface area contributed by atoms with Crippen molar-refractivity contribution in [1.82, 2.24) is 10.3 Å². The van der Waals surface area contributed by atoms with E-state index in [1.807, 2.05) is 12.1 Å². The first-order valence-corrected chi connectivity index (χ1v) is 14.5. The second kappa shape index (κ2) is 9.77. The molecule has 182 valence electrons. The van der Waals surface area contributed by atoms with Gasteiger partial charge in [-0.1, -0.05) is 12.1 Å². The number of aromatic nitrogens is 1. The van der Waals surface area contributed by atoms with E-state index in [0.717, 1.165) is 49.9 Å². The lowest BCUT2D eigenvalue weighted by atomic mass is 10.2. The fourth-order valence-corrected chi connectivity index (χ4v) is 6.19. The maximum absolute atomic E-state index is 13.3. The number of anilines is 3. The molecular formula is C23H29N5O4S2. The Hall–Kier alpha value is -2.89. The van der Waals surface area contributed by atoms with Crippen LogP contribution in [0.5, 0.6) is 0 Å². The zero-order valence-corrected chi connectivity index (χ0v) is 20.9. The molecule has 0 unspecified atom stereocenters. The standard InChI is InChI=1S/C23H29N5O4S2/c1-3-28(33(2,29)30)23-16-19(27-14-5-11-24-13-15-27)8-10-21(23)26-34(31,32)20-9-7-18-6-4-12-25-22(18)17-20/h4,6-10,12,16-17,24,26H,3,5,11,13-15H2,1-2H3. The predicted octanol–water partition coefficient (Wildman–Crippen LogP) is 2.62. The lowest BCUT2D eigenvalue weighted by Gasteiger charge is -2.28. The number of pyridine rings is 1. The average molecular weight is 504 g/mol. The van der Waals surface area contributed by atoms with Crippen LogP contribution >= 0.6 is 0 Å². The maximum atomic E-state index is 13.3. The van der Waals surface area contributed by atoms with Gasteiger partial charge in [0, 0.05) is 43.4 Å². The predicted molar refractivity (Wildman–Crippen MR) is 137 cm³/mol. The van der Waals surface area contributed by atoms with Crippen LogP contribution in [-0.2, 0) is 20.0 Å². The summed E-state index contributed by atoms with van der Waals surface area (Å²) in [5, 5.41) is 4.17. The van der Waals surface area contributed by atoms with E-state index in [2.05, 4.69) is 19.9 Å². The van der Waals surface area contributed by atoms with Gasteiger partial charge in [0.1, 0.15) is 0 Å². The van der Waals surface area contributed by atoms with Crippen molar-refractivity contribution in [3.05, 3.63) is 54.7 Å². The zero-order valence-electron chi connectivity index (χ0n) is 19.2. The highest BCUT2D eigenvalue weighted by molar-refractivity contribution is 7.93. The van der Waals surface area contributed by atoms with Crippen molar-refractivity contribution >= 4 is 48.0 Å². The van der Waals surface area contributed by atoms with Crippen LogP contribution in [0.1, 0.15) is 13.3 Å². The van der Waals surface area contributed by atoms with Gasteiger partial charge in [-0.2, -0.15) is 0 Å². The molecule has 0 radical (unpaired) electrons. The first kappa shape index (κ1) is 24.2. The Bertz CT molecular complexity index is 1390. The van der Waals surface area contributed by atoms with Gasteiger partial charge in [-0.15, -0.1) is 0 Å². The van der Waals surface area contributed by atoms with Crippen LogP contribution in [0.4, 0.5) is 17.1 Å². The van der Waals surface area contributed by atoms with E-state index in [1.165, 1.54) is 16.4 Å². The Labute approximate surface area is 200 Å². The Morgan fingerprint density at radius 2 is 1.88 bits per heavy atom. The fraction of sp³-hybridized carbons (Fsp3) is 0.348. The second-order valence-electron chi connectivity index (χ2n) is 8.18. The SMILES string of the molecule is CCN(c1cc(N2CCCNCC2)ccc1NS(=O)(=O)c1ccc2cccnc2c1)S(C)(=O)=O. The van der Waals surface area contributed by atoms with Crippen LogP contribution < -0.4 is 19.2 Å². The minimum Gasteiger partial charge on any atom is -0.370 e. The minimum atomic E-state index is -3.99. The van der Waals surface area contributed by atoms with Crippen LogP contribution in [0.15, 0.2) is 59.6 Å². The third-order valence-electron chi connectivity index (χ3n) is 5.77. The number of fused-ring (bicyclic) bond motifs is 1. The normalized spacial score (nSPS) is 15.2. The molecular weight excluding hydrogens is 474 g/mol. The van der Waals surface area contributed by atoms with E-state index >= 15 is 0 Å². The van der Waals surface area contributed by atoms with E-state index in [9.17, 15) is 16.8 Å². The highest BCUT2D eigenvalue weighted by atomic mass is 32.2. The van der Waals surface area contributed by atoms with Gasteiger partial charge in [0.05, 0.1) is 28.0 Å². The molecule has 11 heteroatoms. The third-order valence-corrected chi connectivity index (χ3v) is 8.39. The minimum absolute atomic E-state index is 0.0507. The van der Waals surface area contributed by atoms with Gasteiger partial charge in [0.2, 0.25) is 10.0 Å². The number of sulfonamides is 2. The second-order valence-corrected chi connectivity index (χ2v) is 11.8. The number of hydrogen-bond acceptors (Lipinski definition) is 7. The number of hydrogen-bond donors (Lipinski definition) is 2. The summed E-state index contributed by atoms with van der Waals surface area (Å²) in [6.07, 6.45) is 3.68. The molecule has 1 saturated heterocycles. The van der Waals surface area contributed by atoms with Crippen molar-refractivity contribution < 1.29 is 16.8 Å². The molecule has 0 bridgehead atoms. The number of nitrogens with one attached hydrogen (secondary N) is 2. The Balaban J connectivity index is 1.75. The summed E-state index contributed by atoms with van der Waals surface area (Å²) in [6.45, 7) is 5.23. The molecule has 0 saturated carbocycles. The Morgan fingerprint density at radius 3 is 2.65 bits per heavy atom. The van der Waals surface area contributed by atoms with Gasteiger partial charge < -0.3 is 10.2 Å². The Kier molecular flexibility index (Phi) is 6.96. The van der Waals surface area contributed by atoms with Crippen LogP contribution in [0.25, 0.3) is 10.9 Å². The molecule has 0 aliphatic carbocycles. The molecule has 1 aromatic heterocycles. The van der Waals surface area contributed by atoms with Crippen LogP contribution in [0.2, 0.25) is 0 Å². The molecule has 1 aliphatic rings. The largest absolute Gasteiger partial charge is 0.370 e. The van der Waals surface area contributed by atoms with Crippen molar-refractivity contribution in [3.8, 4) is 0 Å². The van der Waals surface area contributed by atoms with E-state index < -0.39 is 20.0 Å². The van der Waals surface area contributed by atoms with Gasteiger partial charge in [0.25, 0.3) is 10.0 Å². The summed E-state index contributed by atoms with van der Waals surface area (Å²) in [4.78, 5) is 6.46. The summed E-state index contributed by atoms with van der Waals surface area (Å²) in [5.74, 6) is 0. The smallest absolute Gasteiger partial charge is 0.262 e. The quantitative estimate of drug-likeness (QED) is 0.510. The molecule has 9 nitrogen and oxygen atoms in total. The molecule has 0 atom stereocenters. The average Bonchev–Trinajstić information content (AvgIpc) is 3.09. The highest BCUT2D eigenvalue weighted by Crippen LogP contribution is 2.34. The van der Waals surface area contributed by atoms with Crippen molar-refractivity contribution in [1.29, 1.82) is 0 Å². The first-order chi connectivity index (χ1) is 16.2. The number of nitrogens with zero attached hydrogens (tertiary/aromatic N) is 3. The Morgan fingerprint density at radius 1 is 1.06 bits per heavy atom. The topological polar surface area (TPSA) is 112 Å². The molecule has 2 aromatic carbocycles. The highest BCUT2D eigenvalue weighted by Gasteiger charge is 2.24. The molecule has 4 rings (SSSR count). The molecule has 2 N–H and O–H groups in total. The van der Waals surface area contributed by atoms with Crippen molar-refractivity contribution in [2.45, 2.75) is 18.2 Å². The molecule has 0 spiro atoms. The molecule has 1 fully saturated rings. The lowest BCUT2D eigenvalue weighted by Crippen LogP contribution is -2.32. The molecule has 0 amide bonds. The van der Waals surface area contributed by atoms with E-state index in [-0.39, 0.29) is 17.1 Å². The van der Waals surface area contributed by atoms with Gasteiger partial charge in [-0.25, -0.2) is 16.8 Å². The van der Waals surface area contributed by atoms with Crippen LogP contribution in [-0.4, -0.2) is 60.8 Å². The maximum Gasteiger partial charge on any atom is 0.262 e. The van der Waals surface area contributed by atoms with Crippen LogP contribution in [0.3, 0.4) is 0 Å². The molecule has 3 aromatic rings. The lowest BCUT2D eigenvalue weighted by molar-refractivity contribution is 0.596. The van der Waals surface area contributed by atoms with E-state index in [0.29, 0.717) is 11.2 Å². The van der Waals surface area contributed by atoms with Crippen molar-refractivity contribution in [2.75, 3.05) is 52.9 Å². The number of benzene rings is 2. The van der Waals surface area contributed by atoms with E-state index in [4.69, 9.17) is 0 Å². The molecule has 2 heterocycles. The summed E-state index contributed by atoms with van der Waals surface area (Å²) >= 11 is 0. The number of rotatable bonds is 7. The fourth-order valence-electron chi connectivity index (χ4n) is 4.11. The first-order valence-electron chi connectivity index (χ1n) is 11.1. The van der Waals surface area contributed by atoms with Gasteiger partial charge >= 0.3 is 0 Å². The molecule has 1 aliphatic heterocycles. The van der Waals surface area contributed by atoms with E-state index in [1.54, 1.807) is 37.4 Å².